The van der Waals surface area contributed by atoms with Gasteiger partial charge in [0.05, 0.1) is 37.8 Å². The molecule has 1 fully saturated rings. The maximum absolute atomic E-state index is 6.43. The van der Waals surface area contributed by atoms with Gasteiger partial charge >= 0.3 is 0 Å². The van der Waals surface area contributed by atoms with Crippen molar-refractivity contribution in [3.63, 3.8) is 0 Å². The quantitative estimate of drug-likeness (QED) is 0.833. The van der Waals surface area contributed by atoms with E-state index in [1.54, 1.807) is 14.2 Å². The van der Waals surface area contributed by atoms with Crippen molar-refractivity contribution >= 4 is 0 Å². The third-order valence-corrected chi connectivity index (χ3v) is 6.84. The van der Waals surface area contributed by atoms with Crippen LogP contribution >= 0.6 is 0 Å². The first kappa shape index (κ1) is 19.8. The molecule has 1 spiro atoms. The second kappa shape index (κ2) is 8.21. The smallest absolute Gasteiger partial charge is 0.161 e. The Bertz CT molecular complexity index is 879. The van der Waals surface area contributed by atoms with Crippen molar-refractivity contribution in [2.75, 3.05) is 40.5 Å². The van der Waals surface area contributed by atoms with Crippen LogP contribution in [0.25, 0.3) is 0 Å². The van der Waals surface area contributed by atoms with Crippen molar-refractivity contribution in [1.82, 2.24) is 20.0 Å². The Morgan fingerprint density at radius 2 is 1.90 bits per heavy atom. The minimum absolute atomic E-state index is 0.209. The van der Waals surface area contributed by atoms with E-state index in [-0.39, 0.29) is 5.60 Å². The molecule has 1 aromatic heterocycles. The molecular formula is C23H32N4O3. The van der Waals surface area contributed by atoms with Gasteiger partial charge in [-0.2, -0.15) is 5.10 Å². The summed E-state index contributed by atoms with van der Waals surface area (Å²) in [6.07, 6.45) is 4.05. The van der Waals surface area contributed by atoms with Gasteiger partial charge in [0.2, 0.25) is 0 Å². The monoisotopic (exact) mass is 412 g/mol. The normalized spacial score (nSPS) is 21.0. The highest BCUT2D eigenvalue weighted by atomic mass is 16.5. The van der Waals surface area contributed by atoms with Crippen LogP contribution in [0.4, 0.5) is 0 Å². The second-order valence-electron chi connectivity index (χ2n) is 8.61. The topological polar surface area (TPSA) is 60.8 Å². The van der Waals surface area contributed by atoms with Crippen LogP contribution < -0.4 is 14.8 Å². The first-order chi connectivity index (χ1) is 14.7. The first-order valence-electron chi connectivity index (χ1n) is 11.1. The number of methoxy groups -OCH3 is 2. The highest BCUT2D eigenvalue weighted by Gasteiger charge is 2.41. The maximum atomic E-state index is 6.43. The molecule has 3 aliphatic heterocycles. The summed E-state index contributed by atoms with van der Waals surface area (Å²) in [6, 6.07) is 6.55. The molecule has 1 N–H and O–H groups in total. The highest BCUT2D eigenvalue weighted by molar-refractivity contribution is 5.50. The maximum Gasteiger partial charge on any atom is 0.161 e. The zero-order valence-corrected chi connectivity index (χ0v) is 18.1. The molecule has 162 valence electrons. The number of hydrogen-bond donors (Lipinski definition) is 1. The van der Waals surface area contributed by atoms with Crippen LogP contribution in [0.5, 0.6) is 11.5 Å². The van der Waals surface area contributed by atoms with Crippen LogP contribution in [0.15, 0.2) is 18.2 Å². The van der Waals surface area contributed by atoms with E-state index in [0.29, 0.717) is 0 Å². The molecule has 5 rings (SSSR count). The predicted molar refractivity (Wildman–Crippen MR) is 114 cm³/mol. The van der Waals surface area contributed by atoms with Crippen LogP contribution in [0.3, 0.4) is 0 Å². The molecule has 7 nitrogen and oxygen atoms in total. The molecule has 1 aromatic carbocycles. The summed E-state index contributed by atoms with van der Waals surface area (Å²) < 4.78 is 19.7. The van der Waals surface area contributed by atoms with Crippen molar-refractivity contribution < 1.29 is 14.2 Å². The van der Waals surface area contributed by atoms with Gasteiger partial charge in [-0.15, -0.1) is 0 Å². The molecule has 7 heteroatoms. The van der Waals surface area contributed by atoms with Gasteiger partial charge in [0.15, 0.2) is 11.5 Å². The number of rotatable bonds is 4. The third kappa shape index (κ3) is 3.59. The minimum atomic E-state index is -0.209. The Morgan fingerprint density at radius 1 is 1.10 bits per heavy atom. The van der Waals surface area contributed by atoms with Crippen molar-refractivity contribution in [2.45, 2.75) is 50.9 Å². The fourth-order valence-electron chi connectivity index (χ4n) is 5.20. The van der Waals surface area contributed by atoms with E-state index in [1.165, 1.54) is 22.5 Å². The number of aryl methyl sites for hydroxylation is 1. The predicted octanol–water partition coefficient (Wildman–Crippen LogP) is 2.46. The van der Waals surface area contributed by atoms with Crippen LogP contribution in [0.2, 0.25) is 0 Å². The summed E-state index contributed by atoms with van der Waals surface area (Å²) in [5.74, 6) is 1.59. The second-order valence-corrected chi connectivity index (χ2v) is 8.61. The van der Waals surface area contributed by atoms with Gasteiger partial charge in [0.1, 0.15) is 0 Å². The summed E-state index contributed by atoms with van der Waals surface area (Å²) in [6.45, 7) is 6.71. The van der Waals surface area contributed by atoms with Gasteiger partial charge in [0.25, 0.3) is 0 Å². The lowest BCUT2D eigenvalue weighted by Gasteiger charge is -2.45. The number of nitrogens with zero attached hydrogens (tertiary/aromatic N) is 3. The van der Waals surface area contributed by atoms with Gasteiger partial charge in [-0.25, -0.2) is 0 Å². The molecule has 0 amide bonds. The average molecular weight is 413 g/mol. The molecular weight excluding hydrogens is 380 g/mol. The largest absolute Gasteiger partial charge is 0.493 e. The molecule has 4 heterocycles. The van der Waals surface area contributed by atoms with Crippen LogP contribution in [0.1, 0.15) is 41.8 Å². The molecule has 0 saturated carbocycles. The van der Waals surface area contributed by atoms with Gasteiger partial charge in [0, 0.05) is 32.7 Å². The molecule has 2 aromatic rings. The van der Waals surface area contributed by atoms with Crippen LogP contribution in [-0.4, -0.2) is 55.1 Å². The molecule has 3 aliphatic rings. The average Bonchev–Trinajstić information content (AvgIpc) is 3.02. The van der Waals surface area contributed by atoms with Gasteiger partial charge < -0.3 is 19.5 Å². The lowest BCUT2D eigenvalue weighted by Crippen LogP contribution is -2.46. The van der Waals surface area contributed by atoms with E-state index in [2.05, 4.69) is 33.1 Å². The SMILES string of the molecule is COc1cc2c(cc1OC)C1(CCN(Cc3cc4n(n3)CCCNC4)CC1)OCC2. The Hall–Kier alpha value is -2.09. The molecule has 0 aliphatic carbocycles. The van der Waals surface area contributed by atoms with Crippen molar-refractivity contribution in [3.05, 3.63) is 40.7 Å². The number of aromatic nitrogens is 2. The lowest BCUT2D eigenvalue weighted by atomic mass is 9.79. The molecule has 0 unspecified atom stereocenters. The Kier molecular flexibility index (Phi) is 5.43. The summed E-state index contributed by atoms with van der Waals surface area (Å²) in [5, 5.41) is 8.34. The van der Waals surface area contributed by atoms with Crippen LogP contribution in [-0.2, 0) is 36.4 Å². The van der Waals surface area contributed by atoms with E-state index < -0.39 is 0 Å². The molecule has 0 atom stereocenters. The van der Waals surface area contributed by atoms with E-state index in [9.17, 15) is 0 Å². The Labute approximate surface area is 178 Å². The number of ether oxygens (including phenoxy) is 3. The number of hydrogen-bond acceptors (Lipinski definition) is 6. The Morgan fingerprint density at radius 3 is 2.70 bits per heavy atom. The Balaban J connectivity index is 1.30. The third-order valence-electron chi connectivity index (χ3n) is 6.84. The van der Waals surface area contributed by atoms with Gasteiger partial charge in [-0.3, -0.25) is 9.58 Å². The molecule has 0 bridgehead atoms. The number of likely N-dealkylation sites (tertiary alicyclic amines) is 1. The van der Waals surface area contributed by atoms with Gasteiger partial charge in [-0.05, 0) is 61.6 Å². The zero-order chi connectivity index (χ0) is 20.6. The number of benzene rings is 1. The van der Waals surface area contributed by atoms with Crippen molar-refractivity contribution in [2.24, 2.45) is 0 Å². The molecule has 1 saturated heterocycles. The number of piperidine rings is 1. The van der Waals surface area contributed by atoms with E-state index in [1.807, 2.05) is 0 Å². The highest BCUT2D eigenvalue weighted by Crippen LogP contribution is 2.45. The van der Waals surface area contributed by atoms with Crippen LogP contribution in [0, 0.1) is 0 Å². The first-order valence-corrected chi connectivity index (χ1v) is 11.1. The van der Waals surface area contributed by atoms with Gasteiger partial charge in [-0.1, -0.05) is 0 Å². The summed E-state index contributed by atoms with van der Waals surface area (Å²) in [7, 11) is 3.40. The van der Waals surface area contributed by atoms with Crippen molar-refractivity contribution in [1.29, 1.82) is 0 Å². The fraction of sp³-hybridized carbons (Fsp3) is 0.609. The summed E-state index contributed by atoms with van der Waals surface area (Å²) in [4.78, 5) is 2.51. The lowest BCUT2D eigenvalue weighted by molar-refractivity contribution is -0.0991. The number of fused-ring (bicyclic) bond motifs is 3. The van der Waals surface area contributed by atoms with Crippen molar-refractivity contribution in [3.8, 4) is 11.5 Å². The van der Waals surface area contributed by atoms with E-state index in [4.69, 9.17) is 19.3 Å². The van der Waals surface area contributed by atoms with E-state index in [0.717, 1.165) is 83.1 Å². The fourth-order valence-corrected chi connectivity index (χ4v) is 5.20. The molecule has 0 radical (unpaired) electrons. The number of nitrogens with one attached hydrogen (secondary N) is 1. The summed E-state index contributed by atoms with van der Waals surface area (Å²) in [5.41, 5.74) is 4.89. The molecule has 30 heavy (non-hydrogen) atoms. The standard InChI is InChI=1S/C23H32N4O3/c1-28-21-12-17-4-11-30-23(20(17)14-22(21)29-2)5-9-26(10-6-23)16-18-13-19-15-24-7-3-8-27(19)25-18/h12-14,24H,3-11,15-16H2,1-2H3. The zero-order valence-electron chi connectivity index (χ0n) is 18.1. The van der Waals surface area contributed by atoms with E-state index >= 15 is 0 Å². The minimum Gasteiger partial charge on any atom is -0.493 e. The summed E-state index contributed by atoms with van der Waals surface area (Å²) >= 11 is 0.